The number of hydrogen-bond donors (Lipinski definition) is 1. The molecule has 1 aliphatic heterocycles. The molecule has 0 unspecified atom stereocenters. The highest BCUT2D eigenvalue weighted by Crippen LogP contribution is 2.32. The fraction of sp³-hybridized carbons (Fsp3) is 0.429. The van der Waals surface area contributed by atoms with Crippen LogP contribution >= 0.6 is 15.9 Å². The first-order valence-electron chi connectivity index (χ1n) is 6.22. The first-order valence-corrected chi connectivity index (χ1v) is 7.01. The number of fused-ring (bicyclic) bond motifs is 1. The van der Waals surface area contributed by atoms with E-state index < -0.39 is 11.6 Å². The van der Waals surface area contributed by atoms with Crippen molar-refractivity contribution >= 4 is 27.8 Å². The Balaban J connectivity index is 2.10. The Morgan fingerprint density at radius 3 is 2.75 bits per heavy atom. The summed E-state index contributed by atoms with van der Waals surface area (Å²) in [5.74, 6) is -0.267. The molecule has 0 saturated heterocycles. The first kappa shape index (κ1) is 14.8. The van der Waals surface area contributed by atoms with Crippen LogP contribution in [0, 0.1) is 0 Å². The van der Waals surface area contributed by atoms with E-state index >= 15 is 0 Å². The second-order valence-electron chi connectivity index (χ2n) is 5.46. The molecular weight excluding hydrogens is 326 g/mol. The largest absolute Gasteiger partial charge is 0.481 e. The van der Waals surface area contributed by atoms with Crippen molar-refractivity contribution in [3.63, 3.8) is 0 Å². The maximum absolute atomic E-state index is 11.8. The predicted molar refractivity (Wildman–Crippen MR) is 76.7 cm³/mol. The van der Waals surface area contributed by atoms with Gasteiger partial charge in [-0.3, -0.25) is 4.79 Å². The molecule has 0 spiro atoms. The zero-order valence-corrected chi connectivity index (χ0v) is 13.2. The van der Waals surface area contributed by atoms with Crippen LogP contribution in [0.25, 0.3) is 0 Å². The predicted octanol–water partition coefficient (Wildman–Crippen LogP) is 2.41. The molecule has 1 amide bonds. The van der Waals surface area contributed by atoms with Crippen LogP contribution in [0.15, 0.2) is 16.6 Å². The molecule has 0 bridgehead atoms. The maximum atomic E-state index is 11.8. The van der Waals surface area contributed by atoms with Gasteiger partial charge in [0.15, 0.2) is 6.61 Å². The summed E-state index contributed by atoms with van der Waals surface area (Å²) in [6, 6.07) is 3.46. The van der Waals surface area contributed by atoms with Crippen molar-refractivity contribution in [1.82, 2.24) is 5.32 Å². The summed E-state index contributed by atoms with van der Waals surface area (Å²) in [5, 5.41) is 2.73. The van der Waals surface area contributed by atoms with Crippen LogP contribution in [0.5, 0.6) is 5.75 Å². The minimum atomic E-state index is -0.556. The normalized spacial score (nSPS) is 13.7. The monoisotopic (exact) mass is 341 g/mol. The number of carbonyl (C=O) groups is 2. The Labute approximate surface area is 125 Å². The molecular formula is C14H16BrNO4. The number of ether oxygens (including phenoxy) is 2. The number of nitrogens with one attached hydrogen (secondary N) is 1. The molecule has 1 heterocycles. The molecule has 0 radical (unpaired) electrons. The summed E-state index contributed by atoms with van der Waals surface area (Å²) in [7, 11) is 0. The van der Waals surface area contributed by atoms with Gasteiger partial charge in [0.1, 0.15) is 11.4 Å². The summed E-state index contributed by atoms with van der Waals surface area (Å²) in [6.07, 6.45) is 0. The van der Waals surface area contributed by atoms with Gasteiger partial charge in [-0.15, -0.1) is 0 Å². The third kappa shape index (κ3) is 3.30. The summed E-state index contributed by atoms with van der Waals surface area (Å²) in [6.45, 7) is 5.60. The molecule has 1 aliphatic rings. The smallest absolute Gasteiger partial charge is 0.344 e. The molecule has 6 heteroatoms. The quantitative estimate of drug-likeness (QED) is 0.857. The highest BCUT2D eigenvalue weighted by atomic mass is 79.9. The molecule has 0 aliphatic carbocycles. The van der Waals surface area contributed by atoms with Crippen molar-refractivity contribution in [1.29, 1.82) is 0 Å². The lowest BCUT2D eigenvalue weighted by Gasteiger charge is -2.19. The van der Waals surface area contributed by atoms with Gasteiger partial charge in [-0.2, -0.15) is 0 Å². The van der Waals surface area contributed by atoms with E-state index in [4.69, 9.17) is 9.47 Å². The standard InChI is InChI=1S/C14H16BrNO4/c1-14(2,3)20-11(17)7-19-10-5-4-9(15)8-6-16-13(18)12(8)10/h4-5H,6-7H2,1-3H3,(H,16,18). The van der Waals surface area contributed by atoms with Crippen molar-refractivity contribution in [3.8, 4) is 5.75 Å². The molecule has 2 rings (SSSR count). The fourth-order valence-corrected chi connectivity index (χ4v) is 2.38. The van der Waals surface area contributed by atoms with Gasteiger partial charge in [-0.05, 0) is 32.9 Å². The number of halogens is 1. The Kier molecular flexibility index (Phi) is 4.04. The molecule has 5 nitrogen and oxygen atoms in total. The molecule has 0 atom stereocenters. The highest BCUT2D eigenvalue weighted by Gasteiger charge is 2.26. The van der Waals surface area contributed by atoms with Crippen molar-refractivity contribution in [3.05, 3.63) is 27.7 Å². The van der Waals surface area contributed by atoms with Crippen molar-refractivity contribution < 1.29 is 19.1 Å². The molecule has 0 fully saturated rings. The van der Waals surface area contributed by atoms with Crippen LogP contribution in [0.4, 0.5) is 0 Å². The molecule has 20 heavy (non-hydrogen) atoms. The van der Waals surface area contributed by atoms with E-state index in [1.54, 1.807) is 32.9 Å². The third-order valence-electron chi connectivity index (χ3n) is 2.64. The lowest BCUT2D eigenvalue weighted by atomic mass is 10.1. The van der Waals surface area contributed by atoms with Gasteiger partial charge in [0.25, 0.3) is 5.91 Å². The van der Waals surface area contributed by atoms with E-state index in [1.807, 2.05) is 0 Å². The van der Waals surface area contributed by atoms with E-state index in [0.717, 1.165) is 10.0 Å². The minimum absolute atomic E-state index is 0.194. The van der Waals surface area contributed by atoms with Gasteiger partial charge in [0.05, 0.1) is 5.56 Å². The van der Waals surface area contributed by atoms with Crippen molar-refractivity contribution in [2.75, 3.05) is 6.61 Å². The van der Waals surface area contributed by atoms with E-state index in [-0.39, 0.29) is 12.5 Å². The van der Waals surface area contributed by atoms with E-state index in [0.29, 0.717) is 17.9 Å². The summed E-state index contributed by atoms with van der Waals surface area (Å²) < 4.78 is 11.4. The highest BCUT2D eigenvalue weighted by molar-refractivity contribution is 9.10. The third-order valence-corrected chi connectivity index (χ3v) is 3.38. The molecule has 1 aromatic rings. The van der Waals surface area contributed by atoms with Gasteiger partial charge in [0, 0.05) is 16.6 Å². The second kappa shape index (κ2) is 5.44. The van der Waals surface area contributed by atoms with Gasteiger partial charge in [-0.1, -0.05) is 15.9 Å². The van der Waals surface area contributed by atoms with Gasteiger partial charge >= 0.3 is 5.97 Å². The molecule has 108 valence electrons. The Bertz CT molecular complexity index is 563. The van der Waals surface area contributed by atoms with E-state index in [2.05, 4.69) is 21.2 Å². The molecule has 0 saturated carbocycles. The number of rotatable bonds is 3. The van der Waals surface area contributed by atoms with E-state index in [1.165, 1.54) is 0 Å². The molecule has 1 aromatic carbocycles. The first-order chi connectivity index (χ1) is 9.28. The van der Waals surface area contributed by atoms with Crippen LogP contribution in [0.1, 0.15) is 36.7 Å². The Morgan fingerprint density at radius 1 is 1.40 bits per heavy atom. The average Bonchev–Trinajstić information content (AvgIpc) is 2.70. The summed E-state index contributed by atoms with van der Waals surface area (Å²) >= 11 is 3.39. The van der Waals surface area contributed by atoms with E-state index in [9.17, 15) is 9.59 Å². The number of amides is 1. The lowest BCUT2D eigenvalue weighted by Crippen LogP contribution is -2.27. The Morgan fingerprint density at radius 2 is 2.10 bits per heavy atom. The zero-order valence-electron chi connectivity index (χ0n) is 11.6. The van der Waals surface area contributed by atoms with Crippen molar-refractivity contribution in [2.45, 2.75) is 32.9 Å². The zero-order chi connectivity index (χ0) is 14.9. The lowest BCUT2D eigenvalue weighted by molar-refractivity contribution is -0.157. The summed E-state index contributed by atoms with van der Waals surface area (Å²) in [5.41, 5.74) is 0.763. The number of esters is 1. The number of carbonyl (C=O) groups excluding carboxylic acids is 2. The van der Waals surface area contributed by atoms with Gasteiger partial charge < -0.3 is 14.8 Å². The maximum Gasteiger partial charge on any atom is 0.344 e. The van der Waals surface area contributed by atoms with Gasteiger partial charge in [0.2, 0.25) is 0 Å². The molecule has 1 N–H and O–H groups in total. The van der Waals surface area contributed by atoms with Crippen LogP contribution in [0.3, 0.4) is 0 Å². The minimum Gasteiger partial charge on any atom is -0.481 e. The Hall–Kier alpha value is -1.56. The van der Waals surface area contributed by atoms with Gasteiger partial charge in [-0.25, -0.2) is 4.79 Å². The van der Waals surface area contributed by atoms with Crippen molar-refractivity contribution in [2.24, 2.45) is 0 Å². The fourth-order valence-electron chi connectivity index (χ4n) is 1.91. The van der Waals surface area contributed by atoms with Crippen LogP contribution < -0.4 is 10.1 Å². The SMILES string of the molecule is CC(C)(C)OC(=O)COc1ccc(Br)c2c1C(=O)NC2. The van der Waals surface area contributed by atoms with Crippen LogP contribution in [-0.2, 0) is 16.1 Å². The van der Waals surface area contributed by atoms with Crippen LogP contribution in [0.2, 0.25) is 0 Å². The topological polar surface area (TPSA) is 64.6 Å². The second-order valence-corrected chi connectivity index (χ2v) is 6.31. The number of benzene rings is 1. The molecule has 0 aromatic heterocycles. The van der Waals surface area contributed by atoms with Crippen LogP contribution in [-0.4, -0.2) is 24.1 Å². The summed E-state index contributed by atoms with van der Waals surface area (Å²) in [4.78, 5) is 23.4. The average molecular weight is 342 g/mol. The number of hydrogen-bond acceptors (Lipinski definition) is 4.